The van der Waals surface area contributed by atoms with Crippen LogP contribution in [0.2, 0.25) is 0 Å². The number of hydrogen-bond donors (Lipinski definition) is 1. The van der Waals surface area contributed by atoms with Crippen LogP contribution in [-0.4, -0.2) is 22.7 Å². The summed E-state index contributed by atoms with van der Waals surface area (Å²) in [6, 6.07) is 2.42. The first kappa shape index (κ1) is 15.0. The lowest BCUT2D eigenvalue weighted by atomic mass is 10.0. The summed E-state index contributed by atoms with van der Waals surface area (Å²) in [4.78, 5) is 11.2. The number of hydrogen-bond acceptors (Lipinski definition) is 2. The SMILES string of the molecule is CNC(=O)Cn1cc(-c2ccc(F)cc2C(F)(F)F)cn1. The molecule has 4 nitrogen and oxygen atoms in total. The lowest BCUT2D eigenvalue weighted by Crippen LogP contribution is -2.23. The van der Waals surface area contributed by atoms with Crippen molar-refractivity contribution < 1.29 is 22.4 Å². The van der Waals surface area contributed by atoms with Gasteiger partial charge in [0.05, 0.1) is 11.8 Å². The largest absolute Gasteiger partial charge is 0.417 e. The first-order valence-corrected chi connectivity index (χ1v) is 5.91. The predicted molar refractivity (Wildman–Crippen MR) is 66.7 cm³/mol. The number of halogens is 4. The van der Waals surface area contributed by atoms with Gasteiger partial charge in [-0.3, -0.25) is 9.48 Å². The molecule has 0 aliphatic heterocycles. The molecular weight excluding hydrogens is 290 g/mol. The zero-order valence-electron chi connectivity index (χ0n) is 10.9. The lowest BCUT2D eigenvalue weighted by Gasteiger charge is -2.11. The Morgan fingerprint density at radius 3 is 2.71 bits per heavy atom. The Hall–Kier alpha value is -2.38. The van der Waals surface area contributed by atoms with Gasteiger partial charge in [0, 0.05) is 18.8 Å². The molecule has 1 aromatic heterocycles. The van der Waals surface area contributed by atoms with Crippen molar-refractivity contribution in [2.45, 2.75) is 12.7 Å². The molecule has 1 N–H and O–H groups in total. The van der Waals surface area contributed by atoms with Crippen molar-refractivity contribution in [2.24, 2.45) is 0 Å². The van der Waals surface area contributed by atoms with E-state index >= 15 is 0 Å². The molecule has 0 saturated heterocycles. The average molecular weight is 301 g/mol. The third-order valence-corrected chi connectivity index (χ3v) is 2.82. The van der Waals surface area contributed by atoms with E-state index in [0.29, 0.717) is 6.07 Å². The van der Waals surface area contributed by atoms with Gasteiger partial charge in [0.15, 0.2) is 0 Å². The highest BCUT2D eigenvalue weighted by Crippen LogP contribution is 2.37. The quantitative estimate of drug-likeness (QED) is 0.885. The maximum atomic E-state index is 13.0. The van der Waals surface area contributed by atoms with Crippen molar-refractivity contribution in [3.05, 3.63) is 42.0 Å². The van der Waals surface area contributed by atoms with Gasteiger partial charge in [-0.1, -0.05) is 6.07 Å². The molecule has 112 valence electrons. The summed E-state index contributed by atoms with van der Waals surface area (Å²) in [7, 11) is 1.44. The van der Waals surface area contributed by atoms with Crippen LogP contribution >= 0.6 is 0 Å². The van der Waals surface area contributed by atoms with Gasteiger partial charge in [0.25, 0.3) is 0 Å². The number of carbonyl (C=O) groups is 1. The molecule has 0 aliphatic carbocycles. The summed E-state index contributed by atoms with van der Waals surface area (Å²) in [6.07, 6.45) is -2.18. The van der Waals surface area contributed by atoms with Gasteiger partial charge in [-0.2, -0.15) is 18.3 Å². The maximum Gasteiger partial charge on any atom is 0.417 e. The number of likely N-dealkylation sites (N-methyl/N-ethyl adjacent to an activating group) is 1. The molecule has 0 aliphatic rings. The van der Waals surface area contributed by atoms with E-state index in [1.165, 1.54) is 24.1 Å². The minimum absolute atomic E-state index is 0.112. The molecule has 21 heavy (non-hydrogen) atoms. The van der Waals surface area contributed by atoms with Crippen LogP contribution in [0.4, 0.5) is 17.6 Å². The van der Waals surface area contributed by atoms with Gasteiger partial charge in [-0.05, 0) is 17.7 Å². The van der Waals surface area contributed by atoms with Crippen molar-refractivity contribution in [3.8, 4) is 11.1 Å². The van der Waals surface area contributed by atoms with Crippen LogP contribution in [0, 0.1) is 5.82 Å². The molecule has 8 heteroatoms. The molecule has 0 atom stereocenters. The van der Waals surface area contributed by atoms with Crippen molar-refractivity contribution >= 4 is 5.91 Å². The van der Waals surface area contributed by atoms with Gasteiger partial charge in [0.1, 0.15) is 12.4 Å². The predicted octanol–water partition coefficient (Wildman–Crippen LogP) is 2.45. The van der Waals surface area contributed by atoms with Crippen LogP contribution in [0.5, 0.6) is 0 Å². The van der Waals surface area contributed by atoms with Gasteiger partial charge >= 0.3 is 6.18 Å². The van der Waals surface area contributed by atoms with E-state index in [9.17, 15) is 22.4 Å². The Kier molecular flexibility index (Phi) is 3.97. The molecule has 1 amide bonds. The second kappa shape index (κ2) is 5.55. The molecule has 2 aromatic rings. The molecule has 1 aromatic carbocycles. The minimum atomic E-state index is -4.68. The van der Waals surface area contributed by atoms with Crippen molar-refractivity contribution in [2.75, 3.05) is 7.05 Å². The number of rotatable bonds is 3. The molecule has 0 radical (unpaired) electrons. The van der Waals surface area contributed by atoms with Crippen LogP contribution in [0.3, 0.4) is 0 Å². The fourth-order valence-electron chi connectivity index (χ4n) is 1.82. The standard InChI is InChI=1S/C13H11F4N3O/c1-18-12(21)7-20-6-8(5-19-20)10-3-2-9(14)4-11(10)13(15,16)17/h2-6H,7H2,1H3,(H,18,21). The maximum absolute atomic E-state index is 13.0. The van der Waals surface area contributed by atoms with Crippen LogP contribution in [0.15, 0.2) is 30.6 Å². The summed E-state index contributed by atoms with van der Waals surface area (Å²) in [5.41, 5.74) is -1.11. The topological polar surface area (TPSA) is 46.9 Å². The third kappa shape index (κ3) is 3.39. The van der Waals surface area contributed by atoms with Crippen LogP contribution < -0.4 is 5.32 Å². The Bertz CT molecular complexity index is 664. The van der Waals surface area contributed by atoms with Gasteiger partial charge in [-0.25, -0.2) is 4.39 Å². The van der Waals surface area contributed by atoms with E-state index in [-0.39, 0.29) is 23.6 Å². The smallest absolute Gasteiger partial charge is 0.358 e. The number of amides is 1. The molecule has 0 fully saturated rings. The summed E-state index contributed by atoms with van der Waals surface area (Å²) >= 11 is 0. The van der Waals surface area contributed by atoms with E-state index in [1.807, 2.05) is 0 Å². The van der Waals surface area contributed by atoms with Gasteiger partial charge in [0.2, 0.25) is 5.91 Å². The normalized spacial score (nSPS) is 11.5. The number of alkyl halides is 3. The summed E-state index contributed by atoms with van der Waals surface area (Å²) in [5.74, 6) is -1.30. The highest BCUT2D eigenvalue weighted by atomic mass is 19.4. The highest BCUT2D eigenvalue weighted by Gasteiger charge is 2.34. The molecular formula is C13H11F4N3O. The summed E-state index contributed by atoms with van der Waals surface area (Å²) in [6.45, 7) is -0.112. The Balaban J connectivity index is 2.41. The Morgan fingerprint density at radius 2 is 2.10 bits per heavy atom. The average Bonchev–Trinajstić information content (AvgIpc) is 2.85. The zero-order chi connectivity index (χ0) is 15.6. The molecule has 2 rings (SSSR count). The fraction of sp³-hybridized carbons (Fsp3) is 0.231. The molecule has 1 heterocycles. The van der Waals surface area contributed by atoms with Gasteiger partial charge < -0.3 is 5.32 Å². The third-order valence-electron chi connectivity index (χ3n) is 2.82. The van der Waals surface area contributed by atoms with Crippen LogP contribution in [0.1, 0.15) is 5.56 Å². The first-order valence-electron chi connectivity index (χ1n) is 5.91. The highest BCUT2D eigenvalue weighted by molar-refractivity contribution is 5.75. The Labute approximate surface area is 117 Å². The number of carbonyl (C=O) groups excluding carboxylic acids is 1. The Morgan fingerprint density at radius 1 is 1.38 bits per heavy atom. The second-order valence-corrected chi connectivity index (χ2v) is 4.29. The lowest BCUT2D eigenvalue weighted by molar-refractivity contribution is -0.137. The molecule has 0 unspecified atom stereocenters. The summed E-state index contributed by atoms with van der Waals surface area (Å²) < 4.78 is 53.0. The van der Waals surface area contributed by atoms with Crippen molar-refractivity contribution in [3.63, 3.8) is 0 Å². The van der Waals surface area contributed by atoms with E-state index in [0.717, 1.165) is 12.1 Å². The summed E-state index contributed by atoms with van der Waals surface area (Å²) in [5, 5.41) is 6.20. The number of nitrogens with zero attached hydrogens (tertiary/aromatic N) is 2. The molecule has 0 saturated carbocycles. The van der Waals surface area contributed by atoms with E-state index < -0.39 is 17.6 Å². The zero-order valence-corrected chi connectivity index (χ0v) is 10.9. The second-order valence-electron chi connectivity index (χ2n) is 4.29. The number of benzene rings is 1. The van der Waals surface area contributed by atoms with E-state index in [4.69, 9.17) is 0 Å². The number of nitrogens with one attached hydrogen (secondary N) is 1. The van der Waals surface area contributed by atoms with Crippen molar-refractivity contribution in [1.82, 2.24) is 15.1 Å². The monoisotopic (exact) mass is 301 g/mol. The molecule has 0 spiro atoms. The fourth-order valence-corrected chi connectivity index (χ4v) is 1.82. The minimum Gasteiger partial charge on any atom is -0.358 e. The van der Waals surface area contributed by atoms with Gasteiger partial charge in [-0.15, -0.1) is 0 Å². The molecule has 0 bridgehead atoms. The number of aromatic nitrogens is 2. The van der Waals surface area contributed by atoms with E-state index in [2.05, 4.69) is 10.4 Å². The van der Waals surface area contributed by atoms with Crippen LogP contribution in [0.25, 0.3) is 11.1 Å². The van der Waals surface area contributed by atoms with E-state index in [1.54, 1.807) is 0 Å². The van der Waals surface area contributed by atoms with Crippen LogP contribution in [-0.2, 0) is 17.5 Å². The first-order chi connectivity index (χ1) is 9.81. The van der Waals surface area contributed by atoms with Crippen molar-refractivity contribution in [1.29, 1.82) is 0 Å².